The van der Waals surface area contributed by atoms with Gasteiger partial charge in [0.15, 0.2) is 0 Å². The van der Waals surface area contributed by atoms with Crippen LogP contribution in [-0.4, -0.2) is 11.7 Å². The van der Waals surface area contributed by atoms with E-state index in [1.165, 1.54) is 4.90 Å². The molecule has 0 heterocycles. The van der Waals surface area contributed by atoms with E-state index in [0.29, 0.717) is 6.42 Å². The topological polar surface area (TPSA) is 81.1 Å². The van der Waals surface area contributed by atoms with Gasteiger partial charge < -0.3 is 5.73 Å². The lowest BCUT2D eigenvalue weighted by Gasteiger charge is -2.02. The van der Waals surface area contributed by atoms with Crippen LogP contribution in [0.15, 0.2) is 29.2 Å². The molecule has 0 aliphatic heterocycles. The van der Waals surface area contributed by atoms with Gasteiger partial charge in [0.25, 0.3) is 0 Å². The van der Waals surface area contributed by atoms with Gasteiger partial charge in [0.05, 0.1) is 0 Å². The molecular weight excluding hydrogens is 234 g/mol. The van der Waals surface area contributed by atoms with Gasteiger partial charge in [-0.05, 0) is 42.9 Å². The number of hydrogen-bond acceptors (Lipinski definition) is 4. The molecule has 0 aliphatic carbocycles. The molecule has 1 aromatic carbocycles. The van der Waals surface area contributed by atoms with E-state index in [0.717, 1.165) is 30.7 Å². The number of carbonyl (C=O) groups excluding carboxylic acids is 1. The fourth-order valence-electron chi connectivity index (χ4n) is 1.39. The summed E-state index contributed by atoms with van der Waals surface area (Å²) in [6, 6.07) is 7.88. The monoisotopic (exact) mass is 253 g/mol. The lowest BCUT2D eigenvalue weighted by Crippen LogP contribution is -2.29. The van der Waals surface area contributed by atoms with Crippen molar-refractivity contribution in [2.75, 3.05) is 11.5 Å². The number of amides is 1. The number of rotatable bonds is 7. The van der Waals surface area contributed by atoms with Gasteiger partial charge in [-0.1, -0.05) is 6.42 Å². The first-order chi connectivity index (χ1) is 8.22. The molecule has 1 aromatic rings. The minimum absolute atomic E-state index is 0.0869. The lowest BCUT2D eigenvalue weighted by atomic mass is 10.2. The van der Waals surface area contributed by atoms with Gasteiger partial charge in [0.2, 0.25) is 5.91 Å². The van der Waals surface area contributed by atoms with Crippen molar-refractivity contribution in [3.05, 3.63) is 24.3 Å². The van der Waals surface area contributed by atoms with Crippen LogP contribution in [0.2, 0.25) is 0 Å². The molecule has 1 rings (SSSR count). The quantitative estimate of drug-likeness (QED) is 0.173. The molecular formula is C12H19N3OS. The molecule has 0 spiro atoms. The minimum Gasteiger partial charge on any atom is -0.399 e. The molecule has 0 aliphatic rings. The summed E-state index contributed by atoms with van der Waals surface area (Å²) in [5, 5.41) is 0. The molecule has 0 bridgehead atoms. The molecule has 0 atom stereocenters. The van der Waals surface area contributed by atoms with E-state index < -0.39 is 0 Å². The Morgan fingerprint density at radius 3 is 2.53 bits per heavy atom. The van der Waals surface area contributed by atoms with Gasteiger partial charge in [-0.2, -0.15) is 0 Å². The first-order valence-corrected chi connectivity index (χ1v) is 6.68. The highest BCUT2D eigenvalue weighted by Crippen LogP contribution is 2.20. The smallest absolute Gasteiger partial charge is 0.233 e. The van der Waals surface area contributed by atoms with Gasteiger partial charge in [0, 0.05) is 17.0 Å². The van der Waals surface area contributed by atoms with Crippen LogP contribution in [0.1, 0.15) is 25.7 Å². The summed E-state index contributed by atoms with van der Waals surface area (Å²) in [5.74, 6) is 5.96. The first-order valence-electron chi connectivity index (χ1n) is 5.70. The van der Waals surface area contributed by atoms with Crippen molar-refractivity contribution in [1.82, 2.24) is 5.43 Å². The van der Waals surface area contributed by atoms with E-state index in [1.807, 2.05) is 36.0 Å². The Hall–Kier alpha value is -1.20. The van der Waals surface area contributed by atoms with Crippen LogP contribution < -0.4 is 17.0 Å². The van der Waals surface area contributed by atoms with Gasteiger partial charge >= 0.3 is 0 Å². The van der Waals surface area contributed by atoms with Crippen molar-refractivity contribution in [1.29, 1.82) is 0 Å². The average molecular weight is 253 g/mol. The Morgan fingerprint density at radius 1 is 1.18 bits per heavy atom. The summed E-state index contributed by atoms with van der Waals surface area (Å²) in [6.07, 6.45) is 3.57. The Bertz CT molecular complexity index is 340. The predicted octanol–water partition coefficient (Wildman–Crippen LogP) is 1.91. The van der Waals surface area contributed by atoms with E-state index in [9.17, 15) is 4.79 Å². The Kier molecular flexibility index (Phi) is 6.50. The summed E-state index contributed by atoms with van der Waals surface area (Å²) in [7, 11) is 0. The summed E-state index contributed by atoms with van der Waals surface area (Å²) < 4.78 is 0. The van der Waals surface area contributed by atoms with Crippen LogP contribution in [0.5, 0.6) is 0 Å². The van der Waals surface area contributed by atoms with E-state index in [-0.39, 0.29) is 5.91 Å². The molecule has 17 heavy (non-hydrogen) atoms. The zero-order chi connectivity index (χ0) is 12.5. The Labute approximate surface area is 106 Å². The Balaban J connectivity index is 2.04. The van der Waals surface area contributed by atoms with Crippen molar-refractivity contribution in [2.24, 2.45) is 5.84 Å². The fourth-order valence-corrected chi connectivity index (χ4v) is 2.30. The highest BCUT2D eigenvalue weighted by molar-refractivity contribution is 7.99. The Morgan fingerprint density at radius 2 is 1.88 bits per heavy atom. The largest absolute Gasteiger partial charge is 0.399 e. The number of nitrogens with two attached hydrogens (primary N) is 2. The van der Waals surface area contributed by atoms with Crippen molar-refractivity contribution in [3.63, 3.8) is 0 Å². The van der Waals surface area contributed by atoms with Crippen molar-refractivity contribution >= 4 is 23.4 Å². The number of nitrogen functional groups attached to an aromatic ring is 1. The van der Waals surface area contributed by atoms with Crippen LogP contribution in [-0.2, 0) is 4.79 Å². The highest BCUT2D eigenvalue weighted by Gasteiger charge is 1.98. The summed E-state index contributed by atoms with van der Waals surface area (Å²) in [5.41, 5.74) is 8.53. The maximum absolute atomic E-state index is 10.8. The van der Waals surface area contributed by atoms with Gasteiger partial charge in [-0.15, -0.1) is 11.8 Å². The molecule has 0 unspecified atom stereocenters. The van der Waals surface area contributed by atoms with E-state index in [2.05, 4.69) is 5.43 Å². The maximum Gasteiger partial charge on any atom is 0.233 e. The molecule has 0 radical (unpaired) electrons. The SMILES string of the molecule is NNC(=O)CCCCCSc1ccc(N)cc1. The third-order valence-electron chi connectivity index (χ3n) is 2.36. The number of benzene rings is 1. The predicted molar refractivity (Wildman–Crippen MR) is 72.4 cm³/mol. The second-order valence-electron chi connectivity index (χ2n) is 3.80. The van der Waals surface area contributed by atoms with Crippen LogP contribution >= 0.6 is 11.8 Å². The molecule has 0 aromatic heterocycles. The first kappa shape index (κ1) is 13.9. The van der Waals surface area contributed by atoms with Crippen molar-refractivity contribution < 1.29 is 4.79 Å². The van der Waals surface area contributed by atoms with Crippen molar-refractivity contribution in [3.8, 4) is 0 Å². The van der Waals surface area contributed by atoms with Crippen LogP contribution in [0.4, 0.5) is 5.69 Å². The molecule has 94 valence electrons. The number of carbonyl (C=O) groups is 1. The normalized spacial score (nSPS) is 10.2. The van der Waals surface area contributed by atoms with Crippen LogP contribution in [0, 0.1) is 0 Å². The zero-order valence-electron chi connectivity index (χ0n) is 9.82. The maximum atomic E-state index is 10.8. The number of anilines is 1. The third kappa shape index (κ3) is 6.19. The van der Waals surface area contributed by atoms with Gasteiger partial charge in [-0.3, -0.25) is 10.2 Å². The van der Waals surface area contributed by atoms with Crippen LogP contribution in [0.3, 0.4) is 0 Å². The summed E-state index contributed by atoms with van der Waals surface area (Å²) in [6.45, 7) is 0. The molecule has 0 fully saturated rings. The van der Waals surface area contributed by atoms with E-state index >= 15 is 0 Å². The fraction of sp³-hybridized carbons (Fsp3) is 0.417. The average Bonchev–Trinajstić information content (AvgIpc) is 2.35. The molecule has 5 heteroatoms. The zero-order valence-corrected chi connectivity index (χ0v) is 10.6. The lowest BCUT2D eigenvalue weighted by molar-refractivity contribution is -0.121. The highest BCUT2D eigenvalue weighted by atomic mass is 32.2. The number of thioether (sulfide) groups is 1. The number of nitrogens with one attached hydrogen (secondary N) is 1. The summed E-state index contributed by atoms with van der Waals surface area (Å²) in [4.78, 5) is 12.1. The molecule has 0 saturated carbocycles. The van der Waals surface area contributed by atoms with E-state index in [1.54, 1.807) is 0 Å². The van der Waals surface area contributed by atoms with E-state index in [4.69, 9.17) is 11.6 Å². The number of unbranched alkanes of at least 4 members (excludes halogenated alkanes) is 2. The molecule has 5 N–H and O–H groups in total. The second kappa shape index (κ2) is 7.97. The molecule has 4 nitrogen and oxygen atoms in total. The molecule has 1 amide bonds. The summed E-state index contributed by atoms with van der Waals surface area (Å²) >= 11 is 1.81. The van der Waals surface area contributed by atoms with Crippen molar-refractivity contribution in [2.45, 2.75) is 30.6 Å². The van der Waals surface area contributed by atoms with Gasteiger partial charge in [0.1, 0.15) is 0 Å². The minimum atomic E-state index is -0.0869. The second-order valence-corrected chi connectivity index (χ2v) is 4.96. The third-order valence-corrected chi connectivity index (χ3v) is 3.46. The van der Waals surface area contributed by atoms with Gasteiger partial charge in [-0.25, -0.2) is 5.84 Å². The van der Waals surface area contributed by atoms with Crippen LogP contribution in [0.25, 0.3) is 0 Å². The number of hydrogen-bond donors (Lipinski definition) is 3. The number of hydrazine groups is 1. The standard InChI is InChI=1S/C12H19N3OS/c13-10-5-7-11(8-6-10)17-9-3-1-2-4-12(16)15-14/h5-8H,1-4,9,13-14H2,(H,15,16). The molecule has 0 saturated heterocycles.